The van der Waals surface area contributed by atoms with Crippen molar-refractivity contribution in [2.45, 2.75) is 13.8 Å². The first-order valence-corrected chi connectivity index (χ1v) is 10.4. The number of hydrogen-bond acceptors (Lipinski definition) is 4. The van der Waals surface area contributed by atoms with Gasteiger partial charge < -0.3 is 14.6 Å². The van der Waals surface area contributed by atoms with Gasteiger partial charge in [0.15, 0.2) is 5.69 Å². The molecule has 31 heavy (non-hydrogen) atoms. The number of nitrogens with zero attached hydrogens (tertiary/aromatic N) is 2. The van der Waals surface area contributed by atoms with Crippen molar-refractivity contribution in [1.29, 1.82) is 0 Å². The molecule has 2 aromatic heterocycles. The van der Waals surface area contributed by atoms with Gasteiger partial charge in [-0.15, -0.1) is 0 Å². The molecule has 5 heteroatoms. The van der Waals surface area contributed by atoms with Gasteiger partial charge in [-0.05, 0) is 44.2 Å². The van der Waals surface area contributed by atoms with E-state index in [0.29, 0.717) is 18.1 Å². The summed E-state index contributed by atoms with van der Waals surface area (Å²) in [5, 5.41) is 7.65. The number of aromatic nitrogens is 2. The average Bonchev–Trinajstić information content (AvgIpc) is 3.08. The number of fused-ring (bicyclic) bond motifs is 5. The highest BCUT2D eigenvalue weighted by molar-refractivity contribution is 6.19. The van der Waals surface area contributed by atoms with Crippen LogP contribution < -0.4 is 5.32 Å². The number of carbonyl (C=O) groups is 1. The van der Waals surface area contributed by atoms with Crippen LogP contribution in [0.1, 0.15) is 23.0 Å². The van der Waals surface area contributed by atoms with Crippen LogP contribution in [0.15, 0.2) is 66.7 Å². The summed E-state index contributed by atoms with van der Waals surface area (Å²) < 4.78 is 7.44. The van der Waals surface area contributed by atoms with Gasteiger partial charge in [0.2, 0.25) is 0 Å². The minimum Gasteiger partial charge on any atom is -0.461 e. The zero-order valence-corrected chi connectivity index (χ0v) is 17.8. The van der Waals surface area contributed by atoms with Crippen LogP contribution in [0.5, 0.6) is 0 Å². The molecule has 0 aliphatic heterocycles. The highest BCUT2D eigenvalue weighted by Gasteiger charge is 2.18. The van der Waals surface area contributed by atoms with E-state index in [1.807, 2.05) is 42.5 Å². The van der Waals surface area contributed by atoms with Crippen molar-refractivity contribution < 1.29 is 9.53 Å². The molecule has 5 aromatic rings. The SMILES string of the molecule is CCOC(=O)c1cc2c(ccc3c4ccccc4n(C)c23)c(Nc2ccc(C)cc2)n1. The number of ether oxygens (including phenoxy) is 1. The molecule has 0 spiro atoms. The maximum Gasteiger partial charge on any atom is 0.357 e. The van der Waals surface area contributed by atoms with Crippen LogP contribution in [0.4, 0.5) is 11.5 Å². The minimum atomic E-state index is -0.424. The number of para-hydroxylation sites is 1. The number of benzene rings is 3. The summed E-state index contributed by atoms with van der Waals surface area (Å²) in [7, 11) is 2.06. The number of anilines is 2. The summed E-state index contributed by atoms with van der Waals surface area (Å²) in [5.41, 5.74) is 4.60. The number of esters is 1. The molecule has 0 saturated heterocycles. The first-order valence-electron chi connectivity index (χ1n) is 10.4. The number of carbonyl (C=O) groups excluding carboxylic acids is 1. The van der Waals surface area contributed by atoms with Crippen LogP contribution in [0.3, 0.4) is 0 Å². The van der Waals surface area contributed by atoms with E-state index < -0.39 is 5.97 Å². The van der Waals surface area contributed by atoms with Gasteiger partial charge in [0.05, 0.1) is 12.1 Å². The van der Waals surface area contributed by atoms with E-state index >= 15 is 0 Å². The van der Waals surface area contributed by atoms with Crippen LogP contribution in [0, 0.1) is 6.92 Å². The number of nitrogens with one attached hydrogen (secondary N) is 1. The third-order valence-electron chi connectivity index (χ3n) is 5.68. The lowest BCUT2D eigenvalue weighted by atomic mass is 10.1. The fraction of sp³-hybridized carbons (Fsp3) is 0.154. The Morgan fingerprint density at radius 3 is 2.48 bits per heavy atom. The van der Waals surface area contributed by atoms with Gasteiger partial charge in [-0.3, -0.25) is 0 Å². The van der Waals surface area contributed by atoms with E-state index in [1.54, 1.807) is 6.92 Å². The first-order chi connectivity index (χ1) is 15.1. The van der Waals surface area contributed by atoms with Crippen LogP contribution in [0.2, 0.25) is 0 Å². The lowest BCUT2D eigenvalue weighted by Gasteiger charge is -2.13. The Bertz CT molecular complexity index is 1450. The zero-order chi connectivity index (χ0) is 21.5. The predicted octanol–water partition coefficient (Wildman–Crippen LogP) is 6.11. The van der Waals surface area contributed by atoms with E-state index in [4.69, 9.17) is 4.74 Å². The van der Waals surface area contributed by atoms with Gasteiger partial charge in [-0.1, -0.05) is 42.0 Å². The van der Waals surface area contributed by atoms with Crippen LogP contribution >= 0.6 is 0 Å². The summed E-state index contributed by atoms with van der Waals surface area (Å²) in [4.78, 5) is 17.2. The largest absolute Gasteiger partial charge is 0.461 e. The molecule has 5 rings (SSSR count). The van der Waals surface area contributed by atoms with Crippen molar-refractivity contribution >= 4 is 50.1 Å². The van der Waals surface area contributed by atoms with Gasteiger partial charge in [0, 0.05) is 39.8 Å². The third-order valence-corrected chi connectivity index (χ3v) is 5.68. The van der Waals surface area contributed by atoms with Gasteiger partial charge in [-0.2, -0.15) is 0 Å². The first kappa shape index (κ1) is 19.1. The van der Waals surface area contributed by atoms with Crippen LogP contribution in [-0.4, -0.2) is 22.1 Å². The Labute approximate surface area is 180 Å². The van der Waals surface area contributed by atoms with Gasteiger partial charge in [0.25, 0.3) is 0 Å². The molecule has 3 aromatic carbocycles. The molecular formula is C26H23N3O2. The summed E-state index contributed by atoms with van der Waals surface area (Å²) in [5.74, 6) is 0.212. The topological polar surface area (TPSA) is 56.1 Å². The van der Waals surface area contributed by atoms with E-state index in [-0.39, 0.29) is 0 Å². The second-order valence-electron chi connectivity index (χ2n) is 7.70. The maximum atomic E-state index is 12.6. The fourth-order valence-corrected chi connectivity index (χ4v) is 4.18. The Kier molecular flexibility index (Phi) is 4.59. The van der Waals surface area contributed by atoms with E-state index in [1.165, 1.54) is 10.9 Å². The lowest BCUT2D eigenvalue weighted by molar-refractivity contribution is 0.0520. The molecule has 0 aliphatic carbocycles. The molecule has 1 N–H and O–H groups in total. The smallest absolute Gasteiger partial charge is 0.357 e. The number of hydrogen-bond donors (Lipinski definition) is 1. The van der Waals surface area contributed by atoms with Crippen molar-refractivity contribution in [3.05, 3.63) is 78.0 Å². The number of aryl methyl sites for hydroxylation is 2. The predicted molar refractivity (Wildman–Crippen MR) is 126 cm³/mol. The van der Waals surface area contributed by atoms with Gasteiger partial charge in [-0.25, -0.2) is 9.78 Å². The molecule has 0 bridgehead atoms. The van der Waals surface area contributed by atoms with E-state index in [9.17, 15) is 4.79 Å². The molecule has 0 radical (unpaired) electrons. The minimum absolute atomic E-state index is 0.293. The van der Waals surface area contributed by atoms with E-state index in [0.717, 1.165) is 32.9 Å². The molecule has 0 amide bonds. The monoisotopic (exact) mass is 409 g/mol. The van der Waals surface area contributed by atoms with Crippen molar-refractivity contribution in [3.63, 3.8) is 0 Å². The summed E-state index contributed by atoms with van der Waals surface area (Å²) in [6, 6.07) is 22.5. The highest BCUT2D eigenvalue weighted by Crippen LogP contribution is 2.36. The van der Waals surface area contributed by atoms with Crippen molar-refractivity contribution in [2.24, 2.45) is 7.05 Å². The molecule has 154 valence electrons. The zero-order valence-electron chi connectivity index (χ0n) is 17.8. The second kappa shape index (κ2) is 7.43. The summed E-state index contributed by atoms with van der Waals surface area (Å²) >= 11 is 0. The molecule has 5 nitrogen and oxygen atoms in total. The average molecular weight is 409 g/mol. The van der Waals surface area contributed by atoms with E-state index in [2.05, 4.69) is 53.1 Å². The molecule has 0 atom stereocenters. The van der Waals surface area contributed by atoms with Gasteiger partial charge in [0.1, 0.15) is 5.82 Å². The summed E-state index contributed by atoms with van der Waals surface area (Å²) in [6.45, 7) is 4.15. The van der Waals surface area contributed by atoms with Gasteiger partial charge >= 0.3 is 5.97 Å². The molecule has 0 unspecified atom stereocenters. The molecule has 2 heterocycles. The van der Waals surface area contributed by atoms with Crippen molar-refractivity contribution in [2.75, 3.05) is 11.9 Å². The van der Waals surface area contributed by atoms with Crippen LogP contribution in [0.25, 0.3) is 32.6 Å². The Morgan fingerprint density at radius 2 is 1.71 bits per heavy atom. The standard InChI is InChI=1S/C26H23N3O2/c1-4-31-26(30)22-15-21-20(25(28-22)27-17-11-9-16(2)10-12-17)14-13-19-18-7-5-6-8-23(18)29(3)24(19)21/h5-15H,4H2,1-3H3,(H,27,28). The van der Waals surface area contributed by atoms with Crippen molar-refractivity contribution in [3.8, 4) is 0 Å². The maximum absolute atomic E-state index is 12.6. The van der Waals surface area contributed by atoms with Crippen molar-refractivity contribution in [1.82, 2.24) is 9.55 Å². The Hall–Kier alpha value is -3.86. The second-order valence-corrected chi connectivity index (χ2v) is 7.70. The van der Waals surface area contributed by atoms with Crippen LogP contribution in [-0.2, 0) is 11.8 Å². The fourth-order valence-electron chi connectivity index (χ4n) is 4.18. The molecule has 0 saturated carbocycles. The normalized spacial score (nSPS) is 11.3. The highest BCUT2D eigenvalue weighted by atomic mass is 16.5. The molecule has 0 aliphatic rings. The summed E-state index contributed by atoms with van der Waals surface area (Å²) in [6.07, 6.45) is 0. The molecule has 0 fully saturated rings. The Balaban J connectivity index is 1.81. The lowest BCUT2D eigenvalue weighted by Crippen LogP contribution is -2.09. The number of rotatable bonds is 4. The Morgan fingerprint density at radius 1 is 0.968 bits per heavy atom. The number of pyridine rings is 1. The molecular weight excluding hydrogens is 386 g/mol. The third kappa shape index (κ3) is 3.19. The quantitative estimate of drug-likeness (QED) is 0.364.